The minimum atomic E-state index is -0.645. The molecule has 0 aliphatic carbocycles. The Kier molecular flexibility index (Phi) is 9.41. The number of halogens is 1. The highest BCUT2D eigenvalue weighted by molar-refractivity contribution is 6.30. The van der Waals surface area contributed by atoms with Crippen LogP contribution in [0.25, 0.3) is 0 Å². The van der Waals surface area contributed by atoms with Gasteiger partial charge < -0.3 is 24.4 Å². The van der Waals surface area contributed by atoms with Gasteiger partial charge in [-0.25, -0.2) is 4.79 Å². The zero-order valence-electron chi connectivity index (χ0n) is 20.2. The van der Waals surface area contributed by atoms with Crippen molar-refractivity contribution in [1.82, 2.24) is 10.2 Å². The summed E-state index contributed by atoms with van der Waals surface area (Å²) in [7, 11) is 3.21. The molecule has 2 aromatic rings. The number of carbonyl (C=O) groups excluding carboxylic acids is 2. The van der Waals surface area contributed by atoms with Gasteiger partial charge in [0.15, 0.2) is 0 Å². The van der Waals surface area contributed by atoms with E-state index in [1.54, 1.807) is 39.9 Å². The van der Waals surface area contributed by atoms with Crippen LogP contribution in [-0.4, -0.2) is 49.8 Å². The van der Waals surface area contributed by atoms with Crippen LogP contribution in [0.2, 0.25) is 5.02 Å². The molecule has 2 amide bonds. The number of benzene rings is 2. The Morgan fingerprint density at radius 3 is 2.39 bits per heavy atom. The second kappa shape index (κ2) is 11.8. The van der Waals surface area contributed by atoms with E-state index >= 15 is 0 Å². The van der Waals surface area contributed by atoms with E-state index in [0.717, 1.165) is 16.7 Å². The Hall–Kier alpha value is -2.93. The second-order valence-electron chi connectivity index (χ2n) is 8.74. The van der Waals surface area contributed by atoms with Crippen molar-refractivity contribution in [1.29, 1.82) is 0 Å². The summed E-state index contributed by atoms with van der Waals surface area (Å²) in [4.78, 5) is 26.7. The lowest BCUT2D eigenvalue weighted by Crippen LogP contribution is -2.42. The average molecular weight is 477 g/mol. The van der Waals surface area contributed by atoms with Crippen LogP contribution in [0.4, 0.5) is 4.79 Å². The highest BCUT2D eigenvalue weighted by Crippen LogP contribution is 2.25. The van der Waals surface area contributed by atoms with Gasteiger partial charge in [-0.2, -0.15) is 0 Å². The van der Waals surface area contributed by atoms with Gasteiger partial charge in [0, 0.05) is 18.1 Å². The minimum absolute atomic E-state index is 0.177. The zero-order valence-corrected chi connectivity index (χ0v) is 20.9. The van der Waals surface area contributed by atoms with E-state index in [1.165, 1.54) is 0 Å². The van der Waals surface area contributed by atoms with Crippen LogP contribution in [0, 0.1) is 6.92 Å². The third-order valence-electron chi connectivity index (χ3n) is 4.75. The van der Waals surface area contributed by atoms with Gasteiger partial charge in [0.25, 0.3) is 0 Å². The molecule has 0 radical (unpaired) electrons. The summed E-state index contributed by atoms with van der Waals surface area (Å²) in [5.41, 5.74) is 2.18. The molecule has 0 saturated carbocycles. The smallest absolute Gasteiger partial charge is 0.408 e. The van der Waals surface area contributed by atoms with Crippen LogP contribution in [0.3, 0.4) is 0 Å². The molecule has 0 aliphatic rings. The summed E-state index contributed by atoms with van der Waals surface area (Å²) in [5.74, 6) is 1.19. The third-order valence-corrected chi connectivity index (χ3v) is 4.97. The molecule has 0 aliphatic heterocycles. The molecule has 0 fully saturated rings. The molecule has 33 heavy (non-hydrogen) atoms. The first-order valence-electron chi connectivity index (χ1n) is 10.7. The second-order valence-corrected chi connectivity index (χ2v) is 9.17. The molecule has 1 N–H and O–H groups in total. The summed E-state index contributed by atoms with van der Waals surface area (Å²) < 4.78 is 16.0. The van der Waals surface area contributed by atoms with E-state index in [2.05, 4.69) is 5.32 Å². The molecular formula is C25H33ClN2O5. The van der Waals surface area contributed by atoms with Crippen molar-refractivity contribution in [3.05, 3.63) is 58.1 Å². The molecule has 7 nitrogen and oxygen atoms in total. The summed E-state index contributed by atoms with van der Waals surface area (Å²) in [6.07, 6.45) is -0.0955. The number of hydrogen-bond acceptors (Lipinski definition) is 5. The van der Waals surface area contributed by atoms with E-state index in [9.17, 15) is 9.59 Å². The number of methoxy groups -OCH3 is 2. The van der Waals surface area contributed by atoms with E-state index in [0.29, 0.717) is 36.0 Å². The van der Waals surface area contributed by atoms with Gasteiger partial charge >= 0.3 is 6.09 Å². The molecule has 0 saturated heterocycles. The highest BCUT2D eigenvalue weighted by atomic mass is 35.5. The van der Waals surface area contributed by atoms with Gasteiger partial charge in [-0.05, 0) is 81.1 Å². The van der Waals surface area contributed by atoms with Gasteiger partial charge in [-0.3, -0.25) is 4.79 Å². The Morgan fingerprint density at radius 1 is 1.06 bits per heavy atom. The molecule has 0 aromatic heterocycles. The van der Waals surface area contributed by atoms with Crippen LogP contribution < -0.4 is 14.8 Å². The summed E-state index contributed by atoms with van der Waals surface area (Å²) in [5, 5.41) is 3.15. The molecule has 2 aromatic carbocycles. The quantitative estimate of drug-likeness (QED) is 0.564. The standard InChI is InChI=1S/C25H33ClN2O5/c1-17-11-18(13-20(26)12-17)16-28(23(29)15-27-24(30)33-25(2,3)4)10-9-19-14-21(31-5)7-8-22(19)32-6/h7-8,11-14H,9-10,15-16H2,1-6H3,(H,27,30). The lowest BCUT2D eigenvalue weighted by molar-refractivity contribution is -0.130. The van der Waals surface area contributed by atoms with Crippen molar-refractivity contribution >= 4 is 23.6 Å². The number of hydrogen-bond donors (Lipinski definition) is 1. The topological polar surface area (TPSA) is 77.1 Å². The number of alkyl carbamates (subject to hydrolysis) is 1. The molecule has 0 spiro atoms. The Morgan fingerprint density at radius 2 is 1.79 bits per heavy atom. The van der Waals surface area contributed by atoms with Crippen molar-refractivity contribution in [3.8, 4) is 11.5 Å². The van der Waals surface area contributed by atoms with Crippen LogP contribution in [0.1, 0.15) is 37.5 Å². The fourth-order valence-corrected chi connectivity index (χ4v) is 3.63. The van der Waals surface area contributed by atoms with Crippen LogP contribution in [-0.2, 0) is 22.5 Å². The Balaban J connectivity index is 2.18. The fourth-order valence-electron chi connectivity index (χ4n) is 3.32. The highest BCUT2D eigenvalue weighted by Gasteiger charge is 2.20. The predicted molar refractivity (Wildman–Crippen MR) is 129 cm³/mol. The maximum Gasteiger partial charge on any atom is 0.408 e. The fraction of sp³-hybridized carbons (Fsp3) is 0.440. The Bertz CT molecular complexity index is 952. The monoisotopic (exact) mass is 476 g/mol. The predicted octanol–water partition coefficient (Wildman–Crippen LogP) is 4.76. The van der Waals surface area contributed by atoms with Gasteiger partial charge in [-0.1, -0.05) is 17.7 Å². The van der Waals surface area contributed by atoms with E-state index < -0.39 is 11.7 Å². The average Bonchev–Trinajstić information content (AvgIpc) is 2.72. The lowest BCUT2D eigenvalue weighted by atomic mass is 10.1. The van der Waals surface area contributed by atoms with E-state index in [4.69, 9.17) is 25.8 Å². The van der Waals surface area contributed by atoms with E-state index in [1.807, 2.05) is 43.3 Å². The number of ether oxygens (including phenoxy) is 3. The van der Waals surface area contributed by atoms with Gasteiger partial charge in [0.05, 0.1) is 14.2 Å². The van der Waals surface area contributed by atoms with E-state index in [-0.39, 0.29) is 12.5 Å². The van der Waals surface area contributed by atoms with Crippen LogP contribution in [0.15, 0.2) is 36.4 Å². The number of aryl methyl sites for hydroxylation is 1. The first-order chi connectivity index (χ1) is 15.5. The summed E-state index contributed by atoms with van der Waals surface area (Å²) in [6.45, 7) is 7.83. The van der Waals surface area contributed by atoms with Gasteiger partial charge in [-0.15, -0.1) is 0 Å². The SMILES string of the molecule is COc1ccc(OC)c(CCN(Cc2cc(C)cc(Cl)c2)C(=O)CNC(=O)OC(C)(C)C)c1. The first kappa shape index (κ1) is 26.3. The number of nitrogens with zero attached hydrogens (tertiary/aromatic N) is 1. The van der Waals surface area contributed by atoms with Crippen molar-refractivity contribution in [3.63, 3.8) is 0 Å². The number of amides is 2. The largest absolute Gasteiger partial charge is 0.497 e. The molecule has 8 heteroatoms. The minimum Gasteiger partial charge on any atom is -0.497 e. The number of carbonyl (C=O) groups is 2. The van der Waals surface area contributed by atoms with Crippen LogP contribution in [0.5, 0.6) is 11.5 Å². The maximum absolute atomic E-state index is 13.1. The van der Waals surface area contributed by atoms with Crippen LogP contribution >= 0.6 is 11.6 Å². The summed E-state index contributed by atoms with van der Waals surface area (Å²) in [6, 6.07) is 11.2. The summed E-state index contributed by atoms with van der Waals surface area (Å²) >= 11 is 6.22. The van der Waals surface area contributed by atoms with Crippen molar-refractivity contribution in [2.45, 2.75) is 46.3 Å². The Labute approximate surface area is 201 Å². The molecule has 0 heterocycles. The van der Waals surface area contributed by atoms with Crippen molar-refractivity contribution in [2.75, 3.05) is 27.3 Å². The van der Waals surface area contributed by atoms with Gasteiger partial charge in [0.1, 0.15) is 23.6 Å². The van der Waals surface area contributed by atoms with Crippen molar-refractivity contribution < 1.29 is 23.8 Å². The number of rotatable bonds is 9. The molecule has 0 unspecified atom stereocenters. The molecular weight excluding hydrogens is 444 g/mol. The maximum atomic E-state index is 13.1. The molecule has 2 rings (SSSR count). The normalized spacial score (nSPS) is 11.0. The molecule has 180 valence electrons. The molecule has 0 atom stereocenters. The lowest BCUT2D eigenvalue weighted by Gasteiger charge is -2.25. The third kappa shape index (κ3) is 8.85. The van der Waals surface area contributed by atoms with Gasteiger partial charge in [0.2, 0.25) is 5.91 Å². The first-order valence-corrected chi connectivity index (χ1v) is 11.1. The zero-order chi connectivity index (χ0) is 24.6. The number of nitrogens with one attached hydrogen (secondary N) is 1. The van der Waals surface area contributed by atoms with Crippen molar-refractivity contribution in [2.24, 2.45) is 0 Å². The molecule has 0 bridgehead atoms.